The minimum Gasteiger partial charge on any atom is -0.477 e. The number of hydrogen-bond donors (Lipinski definition) is 1. The smallest absolute Gasteiger partial charge is 0.362 e. The summed E-state index contributed by atoms with van der Waals surface area (Å²) in [7, 11) is 5.49. The van der Waals surface area contributed by atoms with Crippen LogP contribution >= 0.6 is 0 Å². The Labute approximate surface area is 318 Å². The predicted octanol–water partition coefficient (Wildman–Crippen LogP) is 10.6. The fraction of sp³-hybridized carbons (Fsp3) is 0.705. The molecule has 0 aromatic rings. The molecule has 0 fully saturated rings. The van der Waals surface area contributed by atoms with Crippen LogP contribution in [0.2, 0.25) is 0 Å². The van der Waals surface area contributed by atoms with E-state index in [2.05, 4.69) is 74.6 Å². The first-order valence-corrected chi connectivity index (χ1v) is 20.3. The third-order valence-electron chi connectivity index (χ3n) is 8.67. The molecule has 0 spiro atoms. The zero-order valence-corrected chi connectivity index (χ0v) is 33.7. The largest absolute Gasteiger partial charge is 0.477 e. The number of unbranched alkanes of at least 4 members (excludes halogenated alkanes) is 12. The highest BCUT2D eigenvalue weighted by molar-refractivity contribution is 5.72. The Morgan fingerprint density at radius 3 is 1.73 bits per heavy atom. The van der Waals surface area contributed by atoms with Gasteiger partial charge in [-0.3, -0.25) is 9.59 Å². The number of carboxylic acids is 1. The van der Waals surface area contributed by atoms with E-state index in [9.17, 15) is 19.5 Å². The highest BCUT2D eigenvalue weighted by Crippen LogP contribution is 2.11. The summed E-state index contributed by atoms with van der Waals surface area (Å²) in [6.07, 6.45) is 41.3. The van der Waals surface area contributed by atoms with E-state index in [4.69, 9.17) is 14.2 Å². The maximum atomic E-state index is 12.7. The fourth-order valence-electron chi connectivity index (χ4n) is 5.44. The molecule has 0 amide bonds. The molecule has 2 unspecified atom stereocenters. The number of carboxylic acid groups (broad SMARTS) is 1. The van der Waals surface area contributed by atoms with Gasteiger partial charge in [-0.1, -0.05) is 126 Å². The van der Waals surface area contributed by atoms with E-state index in [1.165, 1.54) is 57.8 Å². The fourth-order valence-corrected chi connectivity index (χ4v) is 5.44. The molecule has 0 aliphatic carbocycles. The van der Waals surface area contributed by atoms with Crippen LogP contribution in [0.3, 0.4) is 0 Å². The summed E-state index contributed by atoms with van der Waals surface area (Å²) in [5.41, 5.74) is 0. The monoisotopic (exact) mass is 731 g/mol. The molecule has 0 rings (SSSR count). The van der Waals surface area contributed by atoms with Gasteiger partial charge in [0.2, 0.25) is 0 Å². The van der Waals surface area contributed by atoms with Gasteiger partial charge in [-0.25, -0.2) is 4.79 Å². The van der Waals surface area contributed by atoms with Crippen molar-refractivity contribution in [2.75, 3.05) is 41.0 Å². The molecule has 298 valence electrons. The second-order valence-corrected chi connectivity index (χ2v) is 14.6. The molecule has 0 aliphatic rings. The number of aliphatic carboxylic acids is 1. The van der Waals surface area contributed by atoms with E-state index in [1.807, 2.05) is 21.1 Å². The number of quaternary nitrogens is 1. The van der Waals surface area contributed by atoms with Crippen molar-refractivity contribution in [2.45, 2.75) is 161 Å². The van der Waals surface area contributed by atoms with E-state index in [0.717, 1.165) is 51.4 Å². The Hall–Kier alpha value is -2.97. The van der Waals surface area contributed by atoms with Crippen LogP contribution < -0.4 is 0 Å². The molecular formula is C44H76NO7+. The van der Waals surface area contributed by atoms with Gasteiger partial charge in [-0.05, 0) is 64.2 Å². The second kappa shape index (κ2) is 35.1. The third kappa shape index (κ3) is 32.9. The van der Waals surface area contributed by atoms with Crippen molar-refractivity contribution in [2.24, 2.45) is 0 Å². The number of rotatable bonds is 35. The average molecular weight is 731 g/mol. The van der Waals surface area contributed by atoms with Crippen LogP contribution in [-0.4, -0.2) is 80.6 Å². The average Bonchev–Trinajstić information content (AvgIpc) is 3.09. The highest BCUT2D eigenvalue weighted by atomic mass is 16.6. The minimum atomic E-state index is -0.889. The Kier molecular flexibility index (Phi) is 33.1. The van der Waals surface area contributed by atoms with Crippen molar-refractivity contribution in [3.8, 4) is 0 Å². The molecule has 52 heavy (non-hydrogen) atoms. The van der Waals surface area contributed by atoms with Crippen LogP contribution in [0, 0.1) is 0 Å². The molecule has 0 saturated carbocycles. The first-order valence-electron chi connectivity index (χ1n) is 20.3. The molecule has 2 atom stereocenters. The highest BCUT2D eigenvalue weighted by Gasteiger charge is 2.31. The van der Waals surface area contributed by atoms with Crippen molar-refractivity contribution in [1.82, 2.24) is 0 Å². The Balaban J connectivity index is 4.52. The van der Waals surface area contributed by atoms with Crippen molar-refractivity contribution in [3.63, 3.8) is 0 Å². The van der Waals surface area contributed by atoms with Gasteiger partial charge in [0.05, 0.1) is 34.4 Å². The summed E-state index contributed by atoms with van der Waals surface area (Å²) in [6.45, 7) is 4.57. The summed E-state index contributed by atoms with van der Waals surface area (Å²) in [4.78, 5) is 36.8. The number of hydrogen-bond acceptors (Lipinski definition) is 6. The van der Waals surface area contributed by atoms with E-state index in [0.29, 0.717) is 19.3 Å². The molecule has 0 radical (unpaired) electrons. The molecule has 0 aliphatic heterocycles. The van der Waals surface area contributed by atoms with Gasteiger partial charge in [0.25, 0.3) is 0 Å². The predicted molar refractivity (Wildman–Crippen MR) is 215 cm³/mol. The summed E-state index contributed by atoms with van der Waals surface area (Å²) < 4.78 is 17.1. The Bertz CT molecular complexity index is 1040. The number of likely N-dealkylation sites (N-methyl/N-ethyl adjacent to an activating group) is 1. The third-order valence-corrected chi connectivity index (χ3v) is 8.67. The zero-order valence-electron chi connectivity index (χ0n) is 33.7. The molecule has 0 saturated heterocycles. The van der Waals surface area contributed by atoms with E-state index in [-0.39, 0.29) is 42.7 Å². The zero-order chi connectivity index (χ0) is 38.5. The van der Waals surface area contributed by atoms with Crippen LogP contribution in [0.4, 0.5) is 0 Å². The van der Waals surface area contributed by atoms with Gasteiger partial charge in [-0.2, -0.15) is 0 Å². The van der Waals surface area contributed by atoms with Gasteiger partial charge >= 0.3 is 17.9 Å². The minimum absolute atomic E-state index is 0.0300. The van der Waals surface area contributed by atoms with Crippen LogP contribution in [0.25, 0.3) is 0 Å². The van der Waals surface area contributed by atoms with Crippen molar-refractivity contribution in [1.29, 1.82) is 0 Å². The second-order valence-electron chi connectivity index (χ2n) is 14.6. The van der Waals surface area contributed by atoms with E-state index >= 15 is 0 Å². The molecule has 8 heteroatoms. The Morgan fingerprint density at radius 2 is 1.12 bits per heavy atom. The van der Waals surface area contributed by atoms with Crippen LogP contribution in [0.15, 0.2) is 60.8 Å². The van der Waals surface area contributed by atoms with Gasteiger partial charge in [0.1, 0.15) is 6.61 Å². The topological polar surface area (TPSA) is 99.1 Å². The lowest BCUT2D eigenvalue weighted by molar-refractivity contribution is -0.887. The number of carbonyl (C=O) groups excluding carboxylic acids is 2. The molecule has 0 bridgehead atoms. The molecule has 8 nitrogen and oxygen atoms in total. The summed E-state index contributed by atoms with van der Waals surface area (Å²) in [5, 5.41) is 9.59. The summed E-state index contributed by atoms with van der Waals surface area (Å²) >= 11 is 0. The maximum Gasteiger partial charge on any atom is 0.362 e. The van der Waals surface area contributed by atoms with Crippen molar-refractivity contribution < 1.29 is 38.2 Å². The van der Waals surface area contributed by atoms with Crippen LogP contribution in [-0.2, 0) is 28.6 Å². The Morgan fingerprint density at radius 1 is 0.596 bits per heavy atom. The first kappa shape index (κ1) is 49.0. The van der Waals surface area contributed by atoms with Crippen LogP contribution in [0.1, 0.15) is 149 Å². The summed E-state index contributed by atoms with van der Waals surface area (Å²) in [5.74, 6) is -1.58. The normalized spacial score (nSPS) is 13.6. The number of nitrogens with zero attached hydrogens (tertiary/aromatic N) is 1. The molecule has 1 N–H and O–H groups in total. The van der Waals surface area contributed by atoms with Crippen molar-refractivity contribution >= 4 is 17.9 Å². The lowest BCUT2D eigenvalue weighted by Crippen LogP contribution is -2.50. The SMILES string of the molecule is CCCC/C=C/C=C/CCCCCC(=O)OCC(COCCC(C(=O)O)[N+](C)(C)C)OC(=O)CCC/C=C/C/C=C/C/C=C/CCCCCCCC. The van der Waals surface area contributed by atoms with E-state index < -0.39 is 18.1 Å². The first-order chi connectivity index (χ1) is 25.1. The molecular weight excluding hydrogens is 654 g/mol. The van der Waals surface area contributed by atoms with Gasteiger partial charge < -0.3 is 23.8 Å². The lowest BCUT2D eigenvalue weighted by Gasteiger charge is -2.31. The van der Waals surface area contributed by atoms with Crippen LogP contribution in [0.5, 0.6) is 0 Å². The molecule has 0 aromatic carbocycles. The number of ether oxygens (including phenoxy) is 3. The summed E-state index contributed by atoms with van der Waals surface area (Å²) in [6, 6.07) is -0.628. The lowest BCUT2D eigenvalue weighted by atomic mass is 10.1. The van der Waals surface area contributed by atoms with Gasteiger partial charge in [0, 0.05) is 19.3 Å². The molecule has 0 heterocycles. The quantitative estimate of drug-likeness (QED) is 0.0228. The van der Waals surface area contributed by atoms with Gasteiger partial charge in [-0.15, -0.1) is 0 Å². The number of carbonyl (C=O) groups is 3. The standard InChI is InChI=1S/C44H75NO7/c1-6-8-10-12-14-16-18-19-20-21-22-23-25-27-29-31-33-35-43(47)52-40(38-50-37-36-41(44(48)49)45(3,4)5)39-51-42(46)34-32-30-28-26-24-17-15-13-11-9-7-2/h13,15,17,19-20,22-24,27,29,40-41H,6-12,14,16,18,21,25-26,28,30-39H2,1-5H3/p+1/b15-13+,20-19+,23-22+,24-17+,29-27+. The molecule has 0 aromatic heterocycles. The number of esters is 2. The maximum absolute atomic E-state index is 12.7. The van der Waals surface area contributed by atoms with E-state index in [1.54, 1.807) is 0 Å². The van der Waals surface area contributed by atoms with Gasteiger partial charge in [0.15, 0.2) is 12.1 Å². The van der Waals surface area contributed by atoms with Crippen molar-refractivity contribution in [3.05, 3.63) is 60.8 Å². The number of allylic oxidation sites excluding steroid dienone is 10.